The van der Waals surface area contributed by atoms with E-state index in [2.05, 4.69) is 15.4 Å². The number of methoxy groups -OCH3 is 1. The second-order valence-electron chi connectivity index (χ2n) is 4.39. The number of esters is 1. The molecule has 0 radical (unpaired) electrons. The summed E-state index contributed by atoms with van der Waals surface area (Å²) in [6.45, 7) is 0. The van der Waals surface area contributed by atoms with Gasteiger partial charge in [0, 0.05) is 11.8 Å². The summed E-state index contributed by atoms with van der Waals surface area (Å²) in [7, 11) is -2.14. The van der Waals surface area contributed by atoms with Crippen molar-refractivity contribution in [3.63, 3.8) is 0 Å². The quantitative estimate of drug-likeness (QED) is 0.533. The van der Waals surface area contributed by atoms with Crippen LogP contribution >= 0.6 is 0 Å². The van der Waals surface area contributed by atoms with Crippen molar-refractivity contribution in [2.45, 2.75) is 24.9 Å². The third-order valence-electron chi connectivity index (χ3n) is 2.71. The lowest BCUT2D eigenvalue weighted by molar-refractivity contribution is -0.142. The zero-order valence-electron chi connectivity index (χ0n) is 11.2. The standard InChI is InChI=1S/C11H16N2O7S/c1-20-9(14)3-2-8(10(15)16)13-11(17)12-7-4-5-21(18,19)6-7/h4-5,7-8H,2-3,6H2,1H3,(H,15,16)(H2,12,13,17)/t7?,8-/m1/s1. The van der Waals surface area contributed by atoms with Crippen molar-refractivity contribution >= 4 is 27.8 Å². The summed E-state index contributed by atoms with van der Waals surface area (Å²) >= 11 is 0. The highest BCUT2D eigenvalue weighted by Gasteiger charge is 2.26. The number of nitrogens with one attached hydrogen (secondary N) is 2. The first-order valence-electron chi connectivity index (χ1n) is 6.01. The van der Waals surface area contributed by atoms with Gasteiger partial charge < -0.3 is 20.5 Å². The van der Waals surface area contributed by atoms with Gasteiger partial charge in [0.15, 0.2) is 9.84 Å². The van der Waals surface area contributed by atoms with Crippen LogP contribution < -0.4 is 10.6 Å². The highest BCUT2D eigenvalue weighted by Crippen LogP contribution is 2.07. The van der Waals surface area contributed by atoms with E-state index >= 15 is 0 Å². The van der Waals surface area contributed by atoms with Crippen LogP contribution in [0.5, 0.6) is 0 Å². The van der Waals surface area contributed by atoms with Gasteiger partial charge in [-0.15, -0.1) is 0 Å². The molecule has 0 aromatic carbocycles. The van der Waals surface area contributed by atoms with Gasteiger partial charge in [0.05, 0.1) is 18.9 Å². The molecule has 10 heteroatoms. The summed E-state index contributed by atoms with van der Waals surface area (Å²) in [4.78, 5) is 33.5. The molecule has 1 heterocycles. The number of carbonyl (C=O) groups is 3. The summed E-state index contributed by atoms with van der Waals surface area (Å²) in [5.74, 6) is -2.16. The fourth-order valence-electron chi connectivity index (χ4n) is 1.66. The first-order chi connectivity index (χ1) is 9.73. The van der Waals surface area contributed by atoms with Gasteiger partial charge in [0.25, 0.3) is 0 Å². The number of urea groups is 1. The van der Waals surface area contributed by atoms with Crippen LogP contribution in [0.15, 0.2) is 11.5 Å². The monoisotopic (exact) mass is 320 g/mol. The lowest BCUT2D eigenvalue weighted by Crippen LogP contribution is -2.49. The fourth-order valence-corrected chi connectivity index (χ4v) is 2.89. The van der Waals surface area contributed by atoms with E-state index in [1.807, 2.05) is 0 Å². The number of carboxylic acids is 1. The molecule has 118 valence electrons. The number of carbonyl (C=O) groups excluding carboxylic acids is 2. The predicted octanol–water partition coefficient (Wildman–Crippen LogP) is -0.997. The summed E-state index contributed by atoms with van der Waals surface area (Å²) in [5, 5.41) is 14.4. The fraction of sp³-hybridized carbons (Fsp3) is 0.545. The normalized spacial score (nSPS) is 20.5. The Morgan fingerprint density at radius 1 is 1.43 bits per heavy atom. The molecule has 0 saturated heterocycles. The smallest absolute Gasteiger partial charge is 0.326 e. The Kier molecular flexibility index (Phi) is 5.70. The molecule has 1 aliphatic rings. The molecular weight excluding hydrogens is 304 g/mol. The zero-order valence-corrected chi connectivity index (χ0v) is 12.1. The van der Waals surface area contributed by atoms with Gasteiger partial charge >= 0.3 is 18.0 Å². The third-order valence-corrected chi connectivity index (χ3v) is 4.11. The minimum atomic E-state index is -3.31. The Hall–Kier alpha value is -2.10. The van der Waals surface area contributed by atoms with E-state index in [0.29, 0.717) is 0 Å². The topological polar surface area (TPSA) is 139 Å². The molecule has 2 amide bonds. The van der Waals surface area contributed by atoms with Crippen LogP contribution in [0, 0.1) is 0 Å². The van der Waals surface area contributed by atoms with Crippen molar-refractivity contribution in [3.05, 3.63) is 11.5 Å². The number of amides is 2. The molecule has 21 heavy (non-hydrogen) atoms. The number of hydrogen-bond donors (Lipinski definition) is 3. The maximum atomic E-state index is 11.6. The number of carboxylic acid groups (broad SMARTS) is 1. The van der Waals surface area contributed by atoms with Crippen LogP contribution in [0.1, 0.15) is 12.8 Å². The maximum absolute atomic E-state index is 11.6. The number of ether oxygens (including phenoxy) is 1. The molecule has 9 nitrogen and oxygen atoms in total. The van der Waals surface area contributed by atoms with E-state index < -0.39 is 39.9 Å². The van der Waals surface area contributed by atoms with Crippen LogP contribution in [-0.4, -0.2) is 56.4 Å². The Balaban J connectivity index is 2.48. The van der Waals surface area contributed by atoms with E-state index in [0.717, 1.165) is 5.41 Å². The van der Waals surface area contributed by atoms with Crippen molar-refractivity contribution in [2.24, 2.45) is 0 Å². The summed E-state index contributed by atoms with van der Waals surface area (Å²) in [5.41, 5.74) is 0. The molecule has 0 aliphatic carbocycles. The van der Waals surface area contributed by atoms with Crippen molar-refractivity contribution in [1.82, 2.24) is 10.6 Å². The van der Waals surface area contributed by atoms with E-state index in [1.165, 1.54) is 13.2 Å². The zero-order chi connectivity index (χ0) is 16.0. The number of hydrogen-bond acceptors (Lipinski definition) is 6. The van der Waals surface area contributed by atoms with Crippen LogP contribution in [0.2, 0.25) is 0 Å². The molecule has 0 saturated carbocycles. The van der Waals surface area contributed by atoms with Crippen LogP contribution in [0.25, 0.3) is 0 Å². The molecule has 0 bridgehead atoms. The third kappa shape index (κ3) is 5.81. The molecule has 0 fully saturated rings. The molecule has 1 unspecified atom stereocenters. The first-order valence-corrected chi connectivity index (χ1v) is 7.72. The first kappa shape index (κ1) is 17.0. The Labute approximate surface area is 121 Å². The lowest BCUT2D eigenvalue weighted by atomic mass is 10.1. The van der Waals surface area contributed by atoms with E-state index in [4.69, 9.17) is 5.11 Å². The molecule has 0 spiro atoms. The highest BCUT2D eigenvalue weighted by atomic mass is 32.2. The highest BCUT2D eigenvalue weighted by molar-refractivity contribution is 7.94. The average molecular weight is 320 g/mol. The van der Waals surface area contributed by atoms with Gasteiger partial charge in [0.1, 0.15) is 6.04 Å². The predicted molar refractivity (Wildman–Crippen MR) is 71.1 cm³/mol. The second-order valence-corrected chi connectivity index (χ2v) is 6.32. The largest absolute Gasteiger partial charge is 0.480 e. The SMILES string of the molecule is COC(=O)CC[C@@H](NC(=O)NC1C=CS(=O)(=O)C1)C(=O)O. The Morgan fingerprint density at radius 2 is 2.10 bits per heavy atom. The molecule has 3 N–H and O–H groups in total. The maximum Gasteiger partial charge on any atom is 0.326 e. The van der Waals surface area contributed by atoms with E-state index in [-0.39, 0.29) is 18.6 Å². The van der Waals surface area contributed by atoms with Crippen LogP contribution in [0.4, 0.5) is 4.79 Å². The van der Waals surface area contributed by atoms with Crippen molar-refractivity contribution in [3.8, 4) is 0 Å². The molecule has 0 aromatic heterocycles. The number of rotatable bonds is 6. The molecule has 1 rings (SSSR count). The molecule has 1 aliphatic heterocycles. The van der Waals surface area contributed by atoms with Crippen molar-refractivity contribution < 1.29 is 32.6 Å². The molecular formula is C11H16N2O7S. The van der Waals surface area contributed by atoms with Crippen LogP contribution in [0.3, 0.4) is 0 Å². The van der Waals surface area contributed by atoms with Gasteiger partial charge in [0.2, 0.25) is 0 Å². The number of sulfone groups is 1. The number of aliphatic carboxylic acids is 1. The van der Waals surface area contributed by atoms with Gasteiger partial charge in [-0.2, -0.15) is 0 Å². The average Bonchev–Trinajstić information content (AvgIpc) is 2.72. The van der Waals surface area contributed by atoms with Crippen LogP contribution in [-0.2, 0) is 24.2 Å². The van der Waals surface area contributed by atoms with Gasteiger partial charge in [-0.05, 0) is 12.5 Å². The van der Waals surface area contributed by atoms with Crippen molar-refractivity contribution in [2.75, 3.05) is 12.9 Å². The summed E-state index contributed by atoms with van der Waals surface area (Å²) in [6.07, 6.45) is 1.01. The minimum absolute atomic E-state index is 0.131. The minimum Gasteiger partial charge on any atom is -0.480 e. The summed E-state index contributed by atoms with van der Waals surface area (Å²) < 4.78 is 26.7. The second kappa shape index (κ2) is 7.07. The van der Waals surface area contributed by atoms with E-state index in [1.54, 1.807) is 0 Å². The lowest BCUT2D eigenvalue weighted by Gasteiger charge is -2.16. The van der Waals surface area contributed by atoms with E-state index in [9.17, 15) is 22.8 Å². The summed E-state index contributed by atoms with van der Waals surface area (Å²) in [6, 6.07) is -2.80. The molecule has 2 atom stereocenters. The van der Waals surface area contributed by atoms with Crippen molar-refractivity contribution in [1.29, 1.82) is 0 Å². The molecule has 0 aromatic rings. The Bertz CT molecular complexity index is 555. The van der Waals surface area contributed by atoms with Gasteiger partial charge in [-0.3, -0.25) is 4.79 Å². The van der Waals surface area contributed by atoms with Gasteiger partial charge in [-0.1, -0.05) is 0 Å². The Morgan fingerprint density at radius 3 is 2.57 bits per heavy atom. The van der Waals surface area contributed by atoms with Gasteiger partial charge in [-0.25, -0.2) is 18.0 Å².